The highest BCUT2D eigenvalue weighted by molar-refractivity contribution is 5.49. The third kappa shape index (κ3) is 2.96. The Balaban J connectivity index is 2.10. The second-order valence-electron chi connectivity index (χ2n) is 4.44. The smallest absolute Gasteiger partial charge is 0.125 e. The molecule has 1 saturated heterocycles. The fraction of sp³-hybridized carbons (Fsp3) is 0.538. The van der Waals surface area contributed by atoms with Crippen LogP contribution in [-0.2, 0) is 6.54 Å². The zero-order chi connectivity index (χ0) is 12.3. The maximum absolute atomic E-state index is 13.4. The van der Waals surface area contributed by atoms with Gasteiger partial charge in [0.1, 0.15) is 5.82 Å². The van der Waals surface area contributed by atoms with Crippen molar-refractivity contribution in [2.75, 3.05) is 37.6 Å². The summed E-state index contributed by atoms with van der Waals surface area (Å²) in [6.45, 7) is 7.66. The molecule has 0 spiro atoms. The van der Waals surface area contributed by atoms with E-state index in [9.17, 15) is 4.39 Å². The van der Waals surface area contributed by atoms with Crippen LogP contribution in [0.4, 0.5) is 10.1 Å². The molecule has 1 heterocycles. The first-order valence-corrected chi connectivity index (χ1v) is 6.19. The fourth-order valence-corrected chi connectivity index (χ4v) is 2.26. The van der Waals surface area contributed by atoms with Crippen LogP contribution in [0.25, 0.3) is 0 Å². The van der Waals surface area contributed by atoms with Gasteiger partial charge in [-0.1, -0.05) is 6.92 Å². The monoisotopic (exact) mass is 237 g/mol. The van der Waals surface area contributed by atoms with Gasteiger partial charge in [-0.05, 0) is 30.3 Å². The number of hydrogen-bond acceptors (Lipinski definition) is 3. The predicted molar refractivity (Wildman–Crippen MR) is 68.6 cm³/mol. The largest absolute Gasteiger partial charge is 0.369 e. The topological polar surface area (TPSA) is 32.5 Å². The van der Waals surface area contributed by atoms with Crippen LogP contribution in [0.2, 0.25) is 0 Å². The number of nitrogens with two attached hydrogens (primary N) is 1. The quantitative estimate of drug-likeness (QED) is 0.863. The lowest BCUT2D eigenvalue weighted by Crippen LogP contribution is -2.46. The Labute approximate surface area is 102 Å². The Bertz CT molecular complexity index is 373. The fourth-order valence-electron chi connectivity index (χ4n) is 2.26. The Morgan fingerprint density at radius 1 is 1.18 bits per heavy atom. The van der Waals surface area contributed by atoms with Crippen molar-refractivity contribution in [1.29, 1.82) is 0 Å². The summed E-state index contributed by atoms with van der Waals surface area (Å²) in [7, 11) is 0. The molecule has 0 unspecified atom stereocenters. The van der Waals surface area contributed by atoms with Crippen molar-refractivity contribution in [3.63, 3.8) is 0 Å². The first-order valence-electron chi connectivity index (χ1n) is 6.19. The molecule has 94 valence electrons. The second kappa shape index (κ2) is 5.47. The van der Waals surface area contributed by atoms with E-state index >= 15 is 0 Å². The number of rotatable bonds is 3. The predicted octanol–water partition coefficient (Wildman–Crippen LogP) is 1.43. The van der Waals surface area contributed by atoms with Crippen LogP contribution in [0.1, 0.15) is 12.5 Å². The van der Waals surface area contributed by atoms with Gasteiger partial charge in [-0.2, -0.15) is 0 Å². The van der Waals surface area contributed by atoms with E-state index in [0.717, 1.165) is 44.0 Å². The molecule has 0 aromatic heterocycles. The molecule has 1 fully saturated rings. The Kier molecular flexibility index (Phi) is 3.97. The van der Waals surface area contributed by atoms with Crippen LogP contribution < -0.4 is 10.6 Å². The molecule has 17 heavy (non-hydrogen) atoms. The molecule has 0 bridgehead atoms. The molecule has 2 rings (SSSR count). The van der Waals surface area contributed by atoms with Gasteiger partial charge in [0, 0.05) is 38.4 Å². The van der Waals surface area contributed by atoms with E-state index in [1.54, 1.807) is 6.07 Å². The van der Waals surface area contributed by atoms with Crippen LogP contribution in [-0.4, -0.2) is 37.6 Å². The summed E-state index contributed by atoms with van der Waals surface area (Å²) in [5.74, 6) is -0.194. The van der Waals surface area contributed by atoms with Crippen molar-refractivity contribution in [3.05, 3.63) is 29.6 Å². The minimum Gasteiger partial charge on any atom is -0.369 e. The van der Waals surface area contributed by atoms with E-state index in [0.29, 0.717) is 6.54 Å². The van der Waals surface area contributed by atoms with Crippen LogP contribution in [0.5, 0.6) is 0 Å². The van der Waals surface area contributed by atoms with Crippen LogP contribution in [0.15, 0.2) is 18.2 Å². The molecule has 0 saturated carbocycles. The molecule has 4 heteroatoms. The number of benzene rings is 1. The summed E-state index contributed by atoms with van der Waals surface area (Å²) in [5.41, 5.74) is 7.39. The van der Waals surface area contributed by atoms with Crippen molar-refractivity contribution in [1.82, 2.24) is 4.90 Å². The normalized spacial score (nSPS) is 17.5. The molecule has 2 N–H and O–H groups in total. The maximum Gasteiger partial charge on any atom is 0.125 e. The van der Waals surface area contributed by atoms with Crippen molar-refractivity contribution in [3.8, 4) is 0 Å². The molecule has 1 aromatic rings. The van der Waals surface area contributed by atoms with Gasteiger partial charge in [-0.3, -0.25) is 0 Å². The molecule has 1 aliphatic heterocycles. The van der Waals surface area contributed by atoms with Crippen molar-refractivity contribution >= 4 is 5.69 Å². The van der Waals surface area contributed by atoms with E-state index in [1.807, 2.05) is 6.07 Å². The van der Waals surface area contributed by atoms with Gasteiger partial charge < -0.3 is 15.5 Å². The summed E-state index contributed by atoms with van der Waals surface area (Å²) in [4.78, 5) is 4.63. The first-order chi connectivity index (χ1) is 8.22. The Morgan fingerprint density at radius 3 is 2.47 bits per heavy atom. The minimum atomic E-state index is -0.194. The van der Waals surface area contributed by atoms with Crippen LogP contribution in [0, 0.1) is 5.82 Å². The summed E-state index contributed by atoms with van der Waals surface area (Å²) in [6, 6.07) is 5.09. The van der Waals surface area contributed by atoms with Gasteiger partial charge in [-0.25, -0.2) is 4.39 Å². The molecule has 3 nitrogen and oxygen atoms in total. The number of nitrogens with zero attached hydrogens (tertiary/aromatic N) is 2. The van der Waals surface area contributed by atoms with Crippen molar-refractivity contribution < 1.29 is 4.39 Å². The highest BCUT2D eigenvalue weighted by Crippen LogP contribution is 2.20. The maximum atomic E-state index is 13.4. The summed E-state index contributed by atoms with van der Waals surface area (Å²) >= 11 is 0. The molecular weight excluding hydrogens is 217 g/mol. The van der Waals surface area contributed by atoms with Crippen molar-refractivity contribution in [2.24, 2.45) is 5.73 Å². The average Bonchev–Trinajstić information content (AvgIpc) is 2.38. The van der Waals surface area contributed by atoms with E-state index in [1.165, 1.54) is 6.07 Å². The lowest BCUT2D eigenvalue weighted by Gasteiger charge is -2.35. The number of likely N-dealkylation sites (N-methyl/N-ethyl adjacent to an activating group) is 1. The zero-order valence-corrected chi connectivity index (χ0v) is 10.3. The number of anilines is 1. The molecule has 0 amide bonds. The number of piperazine rings is 1. The van der Waals surface area contributed by atoms with Crippen molar-refractivity contribution in [2.45, 2.75) is 13.5 Å². The highest BCUT2D eigenvalue weighted by Gasteiger charge is 2.16. The van der Waals surface area contributed by atoms with E-state index in [4.69, 9.17) is 5.73 Å². The lowest BCUT2D eigenvalue weighted by atomic mass is 10.1. The third-order valence-electron chi connectivity index (χ3n) is 3.36. The molecular formula is C13H20FN3. The van der Waals surface area contributed by atoms with Gasteiger partial charge in [0.25, 0.3) is 0 Å². The molecule has 0 aliphatic carbocycles. The molecule has 1 aliphatic rings. The van der Waals surface area contributed by atoms with Gasteiger partial charge >= 0.3 is 0 Å². The first kappa shape index (κ1) is 12.3. The van der Waals surface area contributed by atoms with Gasteiger partial charge in [-0.15, -0.1) is 0 Å². The van der Waals surface area contributed by atoms with E-state index < -0.39 is 0 Å². The Hall–Kier alpha value is -1.13. The van der Waals surface area contributed by atoms with Gasteiger partial charge in [0.15, 0.2) is 0 Å². The van der Waals surface area contributed by atoms with E-state index in [2.05, 4.69) is 16.7 Å². The van der Waals surface area contributed by atoms with Gasteiger partial charge in [0.05, 0.1) is 0 Å². The minimum absolute atomic E-state index is 0.194. The number of hydrogen-bond donors (Lipinski definition) is 1. The van der Waals surface area contributed by atoms with E-state index in [-0.39, 0.29) is 5.82 Å². The molecule has 0 radical (unpaired) electrons. The zero-order valence-electron chi connectivity index (χ0n) is 10.3. The highest BCUT2D eigenvalue weighted by atomic mass is 19.1. The third-order valence-corrected chi connectivity index (χ3v) is 3.36. The Morgan fingerprint density at radius 2 is 1.88 bits per heavy atom. The molecule has 1 aromatic carbocycles. The molecule has 0 atom stereocenters. The SMILES string of the molecule is CCN1CCN(c2cc(F)cc(CN)c2)CC1. The number of halogens is 1. The summed E-state index contributed by atoms with van der Waals surface area (Å²) in [5, 5.41) is 0. The standard InChI is InChI=1S/C13H20FN3/c1-2-16-3-5-17(6-4-16)13-8-11(10-15)7-12(14)9-13/h7-9H,2-6,10,15H2,1H3. The van der Waals surface area contributed by atoms with Crippen LogP contribution >= 0.6 is 0 Å². The van der Waals surface area contributed by atoms with Crippen LogP contribution in [0.3, 0.4) is 0 Å². The van der Waals surface area contributed by atoms with Gasteiger partial charge in [0.2, 0.25) is 0 Å². The summed E-state index contributed by atoms with van der Waals surface area (Å²) < 4.78 is 13.4. The second-order valence-corrected chi connectivity index (χ2v) is 4.44. The summed E-state index contributed by atoms with van der Waals surface area (Å²) in [6.07, 6.45) is 0. The lowest BCUT2D eigenvalue weighted by molar-refractivity contribution is 0.271. The average molecular weight is 237 g/mol.